The average Bonchev–Trinajstić information content (AvgIpc) is 2.54. The van der Waals surface area contributed by atoms with Crippen molar-refractivity contribution < 1.29 is 14.3 Å². The van der Waals surface area contributed by atoms with Crippen LogP contribution in [0, 0.1) is 0 Å². The second-order valence-corrected chi connectivity index (χ2v) is 5.78. The van der Waals surface area contributed by atoms with Gasteiger partial charge in [-0.1, -0.05) is 12.5 Å². The maximum atomic E-state index is 12.1. The van der Waals surface area contributed by atoms with E-state index in [0.717, 1.165) is 12.1 Å². The number of piperidine rings is 1. The van der Waals surface area contributed by atoms with Crippen molar-refractivity contribution in [2.45, 2.75) is 38.8 Å². The molecule has 0 saturated carbocycles. The van der Waals surface area contributed by atoms with E-state index in [2.05, 4.69) is 17.1 Å². The molecule has 5 heteroatoms. The summed E-state index contributed by atoms with van der Waals surface area (Å²) < 4.78 is 10.5. The number of amides is 1. The Bertz CT molecular complexity index is 505. The van der Waals surface area contributed by atoms with Crippen LogP contribution < -0.4 is 14.8 Å². The molecule has 122 valence electrons. The van der Waals surface area contributed by atoms with Gasteiger partial charge in [-0.25, -0.2) is 0 Å². The minimum atomic E-state index is 0.0727. The molecular weight excluding hydrogens is 280 g/mol. The van der Waals surface area contributed by atoms with Gasteiger partial charge >= 0.3 is 0 Å². The van der Waals surface area contributed by atoms with Crippen molar-refractivity contribution in [3.8, 4) is 11.5 Å². The summed E-state index contributed by atoms with van der Waals surface area (Å²) in [7, 11) is 3.22. The minimum Gasteiger partial charge on any atom is -0.493 e. The second-order valence-electron chi connectivity index (χ2n) is 5.78. The molecule has 2 rings (SSSR count). The quantitative estimate of drug-likeness (QED) is 0.875. The monoisotopic (exact) mass is 306 g/mol. The topological polar surface area (TPSA) is 50.8 Å². The van der Waals surface area contributed by atoms with E-state index in [-0.39, 0.29) is 5.91 Å². The standard InChI is InChI=1S/C17H26N2O3/c1-13-6-4-5-9-19(13)12-17(20)18-11-14-7-8-15(21-2)16(10-14)22-3/h7-8,10,13H,4-6,9,11-12H2,1-3H3,(H,18,20)/t13-/m0/s1. The lowest BCUT2D eigenvalue weighted by Gasteiger charge is -2.32. The first-order valence-electron chi connectivity index (χ1n) is 7.85. The second kappa shape index (κ2) is 8.03. The molecule has 0 bridgehead atoms. The molecule has 1 saturated heterocycles. The normalized spacial score (nSPS) is 18.8. The first kappa shape index (κ1) is 16.6. The number of likely N-dealkylation sites (tertiary alicyclic amines) is 1. The summed E-state index contributed by atoms with van der Waals surface area (Å²) in [6.07, 6.45) is 3.64. The molecule has 0 radical (unpaired) electrons. The number of ether oxygens (including phenoxy) is 2. The van der Waals surface area contributed by atoms with Crippen LogP contribution in [0.4, 0.5) is 0 Å². The van der Waals surface area contributed by atoms with Crippen molar-refractivity contribution >= 4 is 5.91 Å². The van der Waals surface area contributed by atoms with Gasteiger partial charge < -0.3 is 14.8 Å². The number of carbonyl (C=O) groups excluding carboxylic acids is 1. The molecule has 1 fully saturated rings. The highest BCUT2D eigenvalue weighted by Gasteiger charge is 2.20. The van der Waals surface area contributed by atoms with E-state index in [1.54, 1.807) is 14.2 Å². The molecule has 0 unspecified atom stereocenters. The molecular formula is C17H26N2O3. The van der Waals surface area contributed by atoms with Crippen LogP contribution in [0.3, 0.4) is 0 Å². The van der Waals surface area contributed by atoms with Crippen molar-refractivity contribution in [3.63, 3.8) is 0 Å². The first-order valence-corrected chi connectivity index (χ1v) is 7.85. The Morgan fingerprint density at radius 3 is 2.73 bits per heavy atom. The van der Waals surface area contributed by atoms with E-state index < -0.39 is 0 Å². The van der Waals surface area contributed by atoms with E-state index in [0.29, 0.717) is 30.6 Å². The van der Waals surface area contributed by atoms with Crippen LogP contribution in [0.5, 0.6) is 11.5 Å². The Balaban J connectivity index is 1.85. The third-order valence-corrected chi connectivity index (χ3v) is 4.22. The van der Waals surface area contributed by atoms with Crippen molar-refractivity contribution in [2.24, 2.45) is 0 Å². The highest BCUT2D eigenvalue weighted by atomic mass is 16.5. The van der Waals surface area contributed by atoms with Crippen LogP contribution >= 0.6 is 0 Å². The minimum absolute atomic E-state index is 0.0727. The van der Waals surface area contributed by atoms with Crippen molar-refractivity contribution in [1.29, 1.82) is 0 Å². The predicted molar refractivity (Wildman–Crippen MR) is 86.3 cm³/mol. The molecule has 1 heterocycles. The molecule has 1 aromatic carbocycles. The molecule has 1 aromatic rings. The molecule has 0 aromatic heterocycles. The summed E-state index contributed by atoms with van der Waals surface area (Å²) in [6.45, 7) is 4.20. The first-order chi connectivity index (χ1) is 10.6. The third kappa shape index (κ3) is 4.37. The summed E-state index contributed by atoms with van der Waals surface area (Å²) in [5.74, 6) is 1.45. The fourth-order valence-corrected chi connectivity index (χ4v) is 2.82. The van der Waals surface area contributed by atoms with Gasteiger partial charge in [-0.15, -0.1) is 0 Å². The predicted octanol–water partition coefficient (Wildman–Crippen LogP) is 2.19. The lowest BCUT2D eigenvalue weighted by Crippen LogP contribution is -2.44. The van der Waals surface area contributed by atoms with Gasteiger partial charge in [-0.05, 0) is 44.0 Å². The Kier molecular flexibility index (Phi) is 6.07. The zero-order chi connectivity index (χ0) is 15.9. The Morgan fingerprint density at radius 1 is 1.27 bits per heavy atom. The van der Waals surface area contributed by atoms with E-state index in [1.165, 1.54) is 19.3 Å². The maximum absolute atomic E-state index is 12.1. The fraction of sp³-hybridized carbons (Fsp3) is 0.588. The number of methoxy groups -OCH3 is 2. The number of nitrogens with zero attached hydrogens (tertiary/aromatic N) is 1. The molecule has 0 aliphatic carbocycles. The largest absolute Gasteiger partial charge is 0.493 e. The van der Waals surface area contributed by atoms with Gasteiger partial charge in [0.05, 0.1) is 20.8 Å². The zero-order valence-corrected chi connectivity index (χ0v) is 13.7. The molecule has 22 heavy (non-hydrogen) atoms. The number of benzene rings is 1. The van der Waals surface area contributed by atoms with Crippen LogP contribution in [0.1, 0.15) is 31.7 Å². The van der Waals surface area contributed by atoms with Gasteiger partial charge in [0.25, 0.3) is 0 Å². The van der Waals surface area contributed by atoms with Gasteiger partial charge in [-0.2, -0.15) is 0 Å². The molecule has 1 N–H and O–H groups in total. The Hall–Kier alpha value is -1.75. The van der Waals surface area contributed by atoms with Gasteiger partial charge in [0.15, 0.2) is 11.5 Å². The zero-order valence-electron chi connectivity index (χ0n) is 13.7. The third-order valence-electron chi connectivity index (χ3n) is 4.22. The Labute approximate surface area is 132 Å². The van der Waals surface area contributed by atoms with Gasteiger partial charge in [0.2, 0.25) is 5.91 Å². The number of nitrogens with one attached hydrogen (secondary N) is 1. The van der Waals surface area contributed by atoms with Crippen LogP contribution in [0.15, 0.2) is 18.2 Å². The van der Waals surface area contributed by atoms with Gasteiger partial charge in [0, 0.05) is 12.6 Å². The van der Waals surface area contributed by atoms with Gasteiger partial charge in [0.1, 0.15) is 0 Å². The van der Waals surface area contributed by atoms with Crippen molar-refractivity contribution in [3.05, 3.63) is 23.8 Å². The molecule has 1 aliphatic rings. The van der Waals surface area contributed by atoms with Crippen molar-refractivity contribution in [1.82, 2.24) is 10.2 Å². The summed E-state index contributed by atoms with van der Waals surface area (Å²) in [4.78, 5) is 14.4. The molecule has 1 aliphatic heterocycles. The highest BCUT2D eigenvalue weighted by molar-refractivity contribution is 5.78. The fourth-order valence-electron chi connectivity index (χ4n) is 2.82. The maximum Gasteiger partial charge on any atom is 0.234 e. The lowest BCUT2D eigenvalue weighted by molar-refractivity contribution is -0.123. The van der Waals surface area contributed by atoms with E-state index >= 15 is 0 Å². The van der Waals surface area contributed by atoms with Crippen LogP contribution in [0.2, 0.25) is 0 Å². The van der Waals surface area contributed by atoms with Crippen LogP contribution in [-0.4, -0.2) is 44.2 Å². The summed E-state index contributed by atoms with van der Waals surface area (Å²) >= 11 is 0. The van der Waals surface area contributed by atoms with Crippen LogP contribution in [0.25, 0.3) is 0 Å². The molecule has 5 nitrogen and oxygen atoms in total. The lowest BCUT2D eigenvalue weighted by atomic mass is 10.0. The van der Waals surface area contributed by atoms with Crippen LogP contribution in [-0.2, 0) is 11.3 Å². The summed E-state index contributed by atoms with van der Waals surface area (Å²) in [6, 6.07) is 6.18. The average molecular weight is 306 g/mol. The number of carbonyl (C=O) groups is 1. The highest BCUT2D eigenvalue weighted by Crippen LogP contribution is 2.27. The van der Waals surface area contributed by atoms with E-state index in [9.17, 15) is 4.79 Å². The molecule has 1 amide bonds. The SMILES string of the molecule is COc1ccc(CNC(=O)CN2CCCC[C@@H]2C)cc1OC. The molecule has 1 atom stereocenters. The van der Waals surface area contributed by atoms with Gasteiger partial charge in [-0.3, -0.25) is 9.69 Å². The number of rotatable bonds is 6. The number of hydrogen-bond acceptors (Lipinski definition) is 4. The summed E-state index contributed by atoms with van der Waals surface area (Å²) in [5.41, 5.74) is 0.998. The van der Waals surface area contributed by atoms with E-state index in [1.807, 2.05) is 18.2 Å². The molecule has 0 spiro atoms. The number of hydrogen-bond donors (Lipinski definition) is 1. The smallest absolute Gasteiger partial charge is 0.234 e. The van der Waals surface area contributed by atoms with Crippen molar-refractivity contribution in [2.75, 3.05) is 27.3 Å². The summed E-state index contributed by atoms with van der Waals surface area (Å²) in [5, 5.41) is 2.98. The van der Waals surface area contributed by atoms with E-state index in [4.69, 9.17) is 9.47 Å². The Morgan fingerprint density at radius 2 is 2.05 bits per heavy atom.